The first kappa shape index (κ1) is 23.4. The predicted molar refractivity (Wildman–Crippen MR) is 134 cm³/mol. The molecule has 1 heterocycles. The van der Waals surface area contributed by atoms with Crippen LogP contribution in [0.25, 0.3) is 0 Å². The molecule has 0 spiro atoms. The molecule has 4 nitrogen and oxygen atoms in total. The second-order valence-electron chi connectivity index (χ2n) is 9.82. The lowest BCUT2D eigenvalue weighted by molar-refractivity contribution is 0.698. The van der Waals surface area contributed by atoms with Crippen LogP contribution < -0.4 is 21.3 Å². The number of nitrogens with two attached hydrogens (primary N) is 1. The molecule has 2 aromatic rings. The Morgan fingerprint density at radius 3 is 1.42 bits per heavy atom. The minimum absolute atomic E-state index is 0.415. The fourth-order valence-electron chi connectivity index (χ4n) is 4.42. The van der Waals surface area contributed by atoms with Gasteiger partial charge in [0.15, 0.2) is 0 Å². The lowest BCUT2D eigenvalue weighted by Crippen LogP contribution is -2.43. The third-order valence-electron chi connectivity index (χ3n) is 6.13. The molecule has 1 aliphatic rings. The van der Waals surface area contributed by atoms with Crippen molar-refractivity contribution < 1.29 is 0 Å². The van der Waals surface area contributed by atoms with Crippen molar-refractivity contribution in [1.29, 1.82) is 0 Å². The molecule has 1 aliphatic heterocycles. The highest BCUT2D eigenvalue weighted by Crippen LogP contribution is 2.40. The summed E-state index contributed by atoms with van der Waals surface area (Å²) in [6.45, 7) is 18.5. The Morgan fingerprint density at radius 1 is 0.677 bits per heavy atom. The molecule has 0 radical (unpaired) electrons. The number of hydrazine groups is 2. The Bertz CT molecular complexity index is 888. The number of benzene rings is 2. The van der Waals surface area contributed by atoms with Gasteiger partial charge in [0.1, 0.15) is 0 Å². The van der Waals surface area contributed by atoms with Gasteiger partial charge in [-0.3, -0.25) is 10.0 Å². The van der Waals surface area contributed by atoms with Crippen molar-refractivity contribution >= 4 is 11.4 Å². The molecule has 2 aromatic carbocycles. The number of anilines is 2. The van der Waals surface area contributed by atoms with Gasteiger partial charge in [-0.1, -0.05) is 91.8 Å². The summed E-state index contributed by atoms with van der Waals surface area (Å²) in [5.74, 6) is 1.68. The molecule has 0 unspecified atom stereocenters. The molecule has 0 saturated heterocycles. The van der Waals surface area contributed by atoms with E-state index in [2.05, 4.69) is 114 Å². The summed E-state index contributed by atoms with van der Waals surface area (Å²) in [7, 11) is 0. The molecule has 3 N–H and O–H groups in total. The minimum Gasteiger partial charge on any atom is -0.325 e. The standard InChI is InChI=1S/C27H40N4/c1-17(2)22-11-9-12-23(18(3)4)26(22)30-16-21(15-28)31(29-30)27-24(19(5)6)13-10-14-25(27)20(7)8/h9-14,16-20,29H,15,28H2,1-8H3. The fourth-order valence-corrected chi connectivity index (χ4v) is 4.42. The highest BCUT2D eigenvalue weighted by molar-refractivity contribution is 5.70. The van der Waals surface area contributed by atoms with Crippen LogP contribution in [0.2, 0.25) is 0 Å². The summed E-state index contributed by atoms with van der Waals surface area (Å²) in [6.07, 6.45) is 2.17. The third-order valence-corrected chi connectivity index (χ3v) is 6.13. The van der Waals surface area contributed by atoms with Gasteiger partial charge in [0, 0.05) is 12.7 Å². The Labute approximate surface area is 189 Å². The summed E-state index contributed by atoms with van der Waals surface area (Å²) in [4.78, 5) is 0. The summed E-state index contributed by atoms with van der Waals surface area (Å²) in [6, 6.07) is 13.3. The molecule has 4 heteroatoms. The molecule has 3 rings (SSSR count). The quantitative estimate of drug-likeness (QED) is 0.521. The lowest BCUT2D eigenvalue weighted by atomic mass is 9.92. The number of nitrogens with zero attached hydrogens (tertiary/aromatic N) is 2. The SMILES string of the molecule is CC(C)c1cccc(C(C)C)c1N1C=C(CN)N(c2c(C(C)C)cccc2C(C)C)N1. The van der Waals surface area contributed by atoms with E-state index < -0.39 is 0 Å². The van der Waals surface area contributed by atoms with Crippen LogP contribution in [0.4, 0.5) is 11.4 Å². The van der Waals surface area contributed by atoms with Crippen LogP contribution in [0.5, 0.6) is 0 Å². The van der Waals surface area contributed by atoms with E-state index in [9.17, 15) is 0 Å². The largest absolute Gasteiger partial charge is 0.325 e. The van der Waals surface area contributed by atoms with E-state index in [1.165, 1.54) is 33.6 Å². The summed E-state index contributed by atoms with van der Waals surface area (Å²) in [5.41, 5.74) is 18.9. The molecule has 0 aromatic heterocycles. The first-order chi connectivity index (χ1) is 14.7. The van der Waals surface area contributed by atoms with Gasteiger partial charge in [-0.25, -0.2) is 0 Å². The van der Waals surface area contributed by atoms with Crippen molar-refractivity contribution in [1.82, 2.24) is 5.53 Å². The van der Waals surface area contributed by atoms with Gasteiger partial charge < -0.3 is 5.73 Å². The van der Waals surface area contributed by atoms with Crippen LogP contribution >= 0.6 is 0 Å². The molecule has 168 valence electrons. The fraction of sp³-hybridized carbons (Fsp3) is 0.481. The van der Waals surface area contributed by atoms with E-state index in [1.807, 2.05) is 0 Å². The van der Waals surface area contributed by atoms with Crippen LogP contribution in [-0.2, 0) is 0 Å². The van der Waals surface area contributed by atoms with E-state index in [1.54, 1.807) is 0 Å². The van der Waals surface area contributed by atoms with Crippen molar-refractivity contribution in [3.05, 3.63) is 70.5 Å². The maximum absolute atomic E-state index is 6.27. The Hall–Kier alpha value is -2.30. The average Bonchev–Trinajstić information content (AvgIpc) is 3.16. The molecule has 0 bridgehead atoms. The van der Waals surface area contributed by atoms with E-state index in [0.29, 0.717) is 30.2 Å². The first-order valence-corrected chi connectivity index (χ1v) is 11.7. The summed E-state index contributed by atoms with van der Waals surface area (Å²) < 4.78 is 0. The average molecular weight is 421 g/mol. The van der Waals surface area contributed by atoms with E-state index in [0.717, 1.165) is 5.70 Å². The van der Waals surface area contributed by atoms with Crippen LogP contribution in [0.1, 0.15) is 101 Å². The van der Waals surface area contributed by atoms with Crippen molar-refractivity contribution in [3.63, 3.8) is 0 Å². The van der Waals surface area contributed by atoms with Gasteiger partial charge in [-0.05, 0) is 45.9 Å². The maximum Gasteiger partial charge on any atom is 0.0684 e. The summed E-state index contributed by atoms with van der Waals surface area (Å²) in [5, 5.41) is 4.40. The minimum atomic E-state index is 0.415. The Kier molecular flexibility index (Phi) is 7.13. The maximum atomic E-state index is 6.27. The number of rotatable bonds is 7. The topological polar surface area (TPSA) is 44.5 Å². The zero-order valence-corrected chi connectivity index (χ0v) is 20.5. The molecule has 0 saturated carbocycles. The van der Waals surface area contributed by atoms with Crippen LogP contribution in [-0.4, -0.2) is 6.54 Å². The second kappa shape index (κ2) is 9.46. The molecular weight excluding hydrogens is 380 g/mol. The molecule has 0 atom stereocenters. The molecular formula is C27H40N4. The van der Waals surface area contributed by atoms with Crippen molar-refractivity contribution in [3.8, 4) is 0 Å². The highest BCUT2D eigenvalue weighted by atomic mass is 15.8. The van der Waals surface area contributed by atoms with Gasteiger partial charge in [-0.2, -0.15) is 0 Å². The van der Waals surface area contributed by atoms with Gasteiger partial charge in [0.25, 0.3) is 0 Å². The van der Waals surface area contributed by atoms with Gasteiger partial charge in [-0.15, -0.1) is 5.53 Å². The van der Waals surface area contributed by atoms with Crippen molar-refractivity contribution in [2.24, 2.45) is 5.73 Å². The Morgan fingerprint density at radius 2 is 1.06 bits per heavy atom. The van der Waals surface area contributed by atoms with Crippen molar-refractivity contribution in [2.45, 2.75) is 79.1 Å². The zero-order chi connectivity index (χ0) is 22.9. The van der Waals surface area contributed by atoms with Gasteiger partial charge in [0.05, 0.1) is 17.1 Å². The van der Waals surface area contributed by atoms with Gasteiger partial charge >= 0.3 is 0 Å². The first-order valence-electron chi connectivity index (χ1n) is 11.7. The molecule has 0 fully saturated rings. The smallest absolute Gasteiger partial charge is 0.0684 e. The number of nitrogens with one attached hydrogen (secondary N) is 1. The third kappa shape index (κ3) is 4.51. The van der Waals surface area contributed by atoms with E-state index >= 15 is 0 Å². The van der Waals surface area contributed by atoms with Crippen LogP contribution in [0, 0.1) is 0 Å². The zero-order valence-electron chi connectivity index (χ0n) is 20.5. The highest BCUT2D eigenvalue weighted by Gasteiger charge is 2.30. The number of para-hydroxylation sites is 2. The Balaban J connectivity index is 2.16. The number of hydrogen-bond acceptors (Lipinski definition) is 4. The van der Waals surface area contributed by atoms with E-state index in [-0.39, 0.29) is 0 Å². The molecule has 31 heavy (non-hydrogen) atoms. The number of hydrogen-bond donors (Lipinski definition) is 2. The lowest BCUT2D eigenvalue weighted by Gasteiger charge is -2.32. The van der Waals surface area contributed by atoms with Crippen LogP contribution in [0.15, 0.2) is 48.3 Å². The van der Waals surface area contributed by atoms with Crippen LogP contribution in [0.3, 0.4) is 0 Å². The van der Waals surface area contributed by atoms with Crippen molar-refractivity contribution in [2.75, 3.05) is 16.6 Å². The van der Waals surface area contributed by atoms with Gasteiger partial charge in [0.2, 0.25) is 0 Å². The molecule has 0 amide bonds. The predicted octanol–water partition coefficient (Wildman–Crippen LogP) is 6.73. The monoisotopic (exact) mass is 420 g/mol. The molecule has 0 aliphatic carbocycles. The normalized spacial score (nSPS) is 14.5. The summed E-state index contributed by atoms with van der Waals surface area (Å²) >= 11 is 0. The second-order valence-corrected chi connectivity index (χ2v) is 9.82. The van der Waals surface area contributed by atoms with E-state index in [4.69, 9.17) is 5.73 Å².